The predicted molar refractivity (Wildman–Crippen MR) is 125 cm³/mol. The molecular weight excluding hydrogens is 439 g/mol. The van der Waals surface area contributed by atoms with Crippen LogP contribution in [0, 0.1) is 0 Å². The highest BCUT2D eigenvalue weighted by molar-refractivity contribution is 7.39. The Morgan fingerprint density at radius 1 is 0.697 bits per heavy atom. The first kappa shape index (κ1) is 23.7. The van der Waals surface area contributed by atoms with Gasteiger partial charge >= 0.3 is 13.9 Å². The van der Waals surface area contributed by atoms with Crippen LogP contribution in [0.2, 0.25) is 0 Å². The second kappa shape index (κ2) is 12.1. The zero-order valence-electron chi connectivity index (χ0n) is 18.2. The standard InChI is InChI=1S/C26H28O6P/c27-26-25(31-18-22-14-8-3-9-15-22)24(30-17-21-12-6-2-7-13-21)23(32-33(26)28)19-29-16-20-10-4-1-5-11-20/h1-15,23-27H,16-19H2/q+1/t23-,24-,25+,26?/m1/s1. The monoisotopic (exact) mass is 467 g/mol. The lowest BCUT2D eigenvalue weighted by Crippen LogP contribution is -2.52. The van der Waals surface area contributed by atoms with Crippen LogP contribution < -0.4 is 0 Å². The van der Waals surface area contributed by atoms with Crippen LogP contribution in [0.1, 0.15) is 16.7 Å². The lowest BCUT2D eigenvalue weighted by Gasteiger charge is -2.33. The maximum atomic E-state index is 12.6. The second-order valence-corrected chi connectivity index (χ2v) is 9.18. The second-order valence-electron chi connectivity index (χ2n) is 7.87. The average molecular weight is 467 g/mol. The largest absolute Gasteiger partial charge is 0.543 e. The zero-order valence-corrected chi connectivity index (χ0v) is 19.1. The van der Waals surface area contributed by atoms with Gasteiger partial charge in [0.15, 0.2) is 12.2 Å². The molecule has 1 N–H and O–H groups in total. The van der Waals surface area contributed by atoms with Gasteiger partial charge in [0.25, 0.3) is 0 Å². The Morgan fingerprint density at radius 2 is 1.15 bits per heavy atom. The minimum atomic E-state index is -2.35. The summed E-state index contributed by atoms with van der Waals surface area (Å²) in [4.78, 5) is 0. The lowest BCUT2D eigenvalue weighted by atomic mass is 10.1. The average Bonchev–Trinajstić information content (AvgIpc) is 2.86. The van der Waals surface area contributed by atoms with Crippen LogP contribution in [-0.4, -0.2) is 35.9 Å². The van der Waals surface area contributed by atoms with Crippen molar-refractivity contribution < 1.29 is 28.4 Å². The maximum absolute atomic E-state index is 12.6. The molecule has 1 aliphatic heterocycles. The quantitative estimate of drug-likeness (QED) is 0.431. The van der Waals surface area contributed by atoms with Crippen molar-refractivity contribution >= 4 is 8.03 Å². The molecule has 6 nitrogen and oxygen atoms in total. The SMILES string of the molecule is O=[P+]1O[C@H](COCc2ccccc2)[C@@H](OCc2ccccc2)[C@H](OCc2ccccc2)C1O. The van der Waals surface area contributed by atoms with E-state index in [4.69, 9.17) is 18.7 Å². The van der Waals surface area contributed by atoms with Crippen LogP contribution in [-0.2, 0) is 43.1 Å². The van der Waals surface area contributed by atoms with Gasteiger partial charge in [0.05, 0.1) is 26.4 Å². The van der Waals surface area contributed by atoms with Gasteiger partial charge in [-0.05, 0) is 21.3 Å². The molecule has 1 aliphatic rings. The number of hydrogen-bond acceptors (Lipinski definition) is 6. The van der Waals surface area contributed by atoms with E-state index in [2.05, 4.69) is 0 Å². The van der Waals surface area contributed by atoms with Gasteiger partial charge < -0.3 is 19.3 Å². The Balaban J connectivity index is 1.46. The molecule has 0 aromatic heterocycles. The van der Waals surface area contributed by atoms with Crippen molar-refractivity contribution in [2.45, 2.75) is 44.0 Å². The van der Waals surface area contributed by atoms with E-state index >= 15 is 0 Å². The first-order valence-electron chi connectivity index (χ1n) is 10.9. The van der Waals surface area contributed by atoms with E-state index in [1.54, 1.807) is 0 Å². The number of benzene rings is 3. The van der Waals surface area contributed by atoms with Gasteiger partial charge in [-0.15, -0.1) is 4.52 Å². The Bertz CT molecular complexity index is 985. The molecule has 4 rings (SSSR count). The van der Waals surface area contributed by atoms with E-state index in [0.29, 0.717) is 13.2 Å². The number of aliphatic hydroxyl groups is 1. The molecule has 0 spiro atoms. The third kappa shape index (κ3) is 6.78. The molecule has 0 aliphatic carbocycles. The van der Waals surface area contributed by atoms with Crippen molar-refractivity contribution in [2.24, 2.45) is 0 Å². The highest BCUT2D eigenvalue weighted by Gasteiger charge is 2.55. The Kier molecular flexibility index (Phi) is 8.72. The summed E-state index contributed by atoms with van der Waals surface area (Å²) in [5, 5.41) is 10.6. The van der Waals surface area contributed by atoms with Gasteiger partial charge in [0, 0.05) is 0 Å². The van der Waals surface area contributed by atoms with E-state index in [1.165, 1.54) is 0 Å². The summed E-state index contributed by atoms with van der Waals surface area (Å²) in [7, 11) is -2.35. The third-order valence-electron chi connectivity index (χ3n) is 5.40. The minimum Gasteiger partial charge on any atom is -0.374 e. The fraction of sp³-hybridized carbons (Fsp3) is 0.308. The molecule has 1 fully saturated rings. The molecular formula is C26H28O6P+. The van der Waals surface area contributed by atoms with E-state index < -0.39 is 32.2 Å². The van der Waals surface area contributed by atoms with Crippen molar-refractivity contribution in [2.75, 3.05) is 6.61 Å². The van der Waals surface area contributed by atoms with E-state index in [-0.39, 0.29) is 13.2 Å². The van der Waals surface area contributed by atoms with Gasteiger partial charge in [-0.3, -0.25) is 0 Å². The smallest absolute Gasteiger partial charge is 0.374 e. The molecule has 0 saturated carbocycles. The molecule has 0 bridgehead atoms. The summed E-state index contributed by atoms with van der Waals surface area (Å²) >= 11 is 0. The Morgan fingerprint density at radius 3 is 1.67 bits per heavy atom. The van der Waals surface area contributed by atoms with Crippen molar-refractivity contribution in [1.82, 2.24) is 0 Å². The Labute approximate surface area is 194 Å². The number of rotatable bonds is 10. The highest BCUT2D eigenvalue weighted by atomic mass is 31.1. The topological polar surface area (TPSA) is 74.2 Å². The minimum absolute atomic E-state index is 0.160. The summed E-state index contributed by atoms with van der Waals surface area (Å²) in [6.45, 7) is 1.11. The van der Waals surface area contributed by atoms with Gasteiger partial charge in [0.2, 0.25) is 0 Å². The van der Waals surface area contributed by atoms with Crippen molar-refractivity contribution in [3.8, 4) is 0 Å². The molecule has 1 saturated heterocycles. The summed E-state index contributed by atoms with van der Waals surface area (Å²) in [6, 6.07) is 29.2. The van der Waals surface area contributed by atoms with E-state index in [0.717, 1.165) is 16.7 Å². The molecule has 172 valence electrons. The van der Waals surface area contributed by atoms with Gasteiger partial charge in [-0.1, -0.05) is 91.0 Å². The lowest BCUT2D eigenvalue weighted by molar-refractivity contribution is -0.172. The Hall–Kier alpha value is -2.44. The van der Waals surface area contributed by atoms with Crippen LogP contribution in [0.3, 0.4) is 0 Å². The van der Waals surface area contributed by atoms with Crippen molar-refractivity contribution in [3.05, 3.63) is 108 Å². The van der Waals surface area contributed by atoms with Crippen LogP contribution in [0.25, 0.3) is 0 Å². The molecule has 7 heteroatoms. The molecule has 1 heterocycles. The number of ether oxygens (including phenoxy) is 3. The van der Waals surface area contributed by atoms with Gasteiger partial charge in [-0.2, -0.15) is 0 Å². The third-order valence-corrected chi connectivity index (χ3v) is 6.61. The molecule has 0 amide bonds. The summed E-state index contributed by atoms with van der Waals surface area (Å²) in [5.74, 6) is -1.30. The van der Waals surface area contributed by atoms with E-state index in [9.17, 15) is 9.67 Å². The number of hydrogen-bond donors (Lipinski definition) is 1. The van der Waals surface area contributed by atoms with Crippen LogP contribution in [0.15, 0.2) is 91.0 Å². The van der Waals surface area contributed by atoms with Crippen molar-refractivity contribution in [1.29, 1.82) is 0 Å². The van der Waals surface area contributed by atoms with Crippen LogP contribution >= 0.6 is 8.03 Å². The summed E-state index contributed by atoms with van der Waals surface area (Å²) < 4.78 is 36.3. The first-order valence-corrected chi connectivity index (χ1v) is 12.2. The van der Waals surface area contributed by atoms with Gasteiger partial charge in [-0.25, -0.2) is 0 Å². The van der Waals surface area contributed by atoms with Gasteiger partial charge in [0.1, 0.15) is 6.10 Å². The highest BCUT2D eigenvalue weighted by Crippen LogP contribution is 2.42. The predicted octanol–water partition coefficient (Wildman–Crippen LogP) is 4.83. The molecule has 3 aromatic rings. The molecule has 5 atom stereocenters. The molecule has 2 unspecified atom stereocenters. The summed E-state index contributed by atoms with van der Waals surface area (Å²) in [6.07, 6.45) is -2.13. The zero-order chi connectivity index (χ0) is 22.9. The normalized spacial score (nSPS) is 24.0. The van der Waals surface area contributed by atoms with Crippen molar-refractivity contribution in [3.63, 3.8) is 0 Å². The van der Waals surface area contributed by atoms with E-state index in [1.807, 2.05) is 91.0 Å². The molecule has 0 radical (unpaired) electrons. The molecule has 33 heavy (non-hydrogen) atoms. The first-order chi connectivity index (χ1) is 16.2. The summed E-state index contributed by atoms with van der Waals surface area (Å²) in [5.41, 5.74) is 2.95. The van der Waals surface area contributed by atoms with Crippen LogP contribution in [0.4, 0.5) is 0 Å². The fourth-order valence-corrected chi connectivity index (χ4v) is 4.73. The fourth-order valence-electron chi connectivity index (χ4n) is 3.67. The number of aliphatic hydroxyl groups excluding tert-OH is 1. The maximum Gasteiger partial charge on any atom is 0.543 e. The molecule has 3 aromatic carbocycles. The van der Waals surface area contributed by atoms with Crippen LogP contribution in [0.5, 0.6) is 0 Å².